The van der Waals surface area contributed by atoms with Gasteiger partial charge in [-0.2, -0.15) is 0 Å². The molecule has 0 heterocycles. The van der Waals surface area contributed by atoms with Gasteiger partial charge in [0.1, 0.15) is 5.75 Å². The van der Waals surface area contributed by atoms with Crippen LogP contribution in [0.5, 0.6) is 5.75 Å². The third kappa shape index (κ3) is 2.18. The second kappa shape index (κ2) is 4.53. The molecule has 0 radical (unpaired) electrons. The summed E-state index contributed by atoms with van der Waals surface area (Å²) in [5.41, 5.74) is 0.927. The molecule has 1 aromatic rings. The molecular formula is C8H7Cl2IO. The molecule has 0 spiro atoms. The van der Waals surface area contributed by atoms with Gasteiger partial charge in [-0.05, 0) is 34.7 Å². The van der Waals surface area contributed by atoms with E-state index in [4.69, 9.17) is 27.9 Å². The summed E-state index contributed by atoms with van der Waals surface area (Å²) in [7, 11) is 1.59. The molecule has 0 amide bonds. The van der Waals surface area contributed by atoms with E-state index in [1.54, 1.807) is 7.11 Å². The predicted molar refractivity (Wildman–Crippen MR) is 60.3 cm³/mol. The van der Waals surface area contributed by atoms with Crippen LogP contribution in [0.2, 0.25) is 5.02 Å². The predicted octanol–water partition coefficient (Wildman–Crippen LogP) is 3.69. The van der Waals surface area contributed by atoms with E-state index in [9.17, 15) is 0 Å². The molecule has 0 aliphatic carbocycles. The summed E-state index contributed by atoms with van der Waals surface area (Å²) in [4.78, 5) is 0. The highest BCUT2D eigenvalue weighted by molar-refractivity contribution is 14.1. The van der Waals surface area contributed by atoms with Gasteiger partial charge >= 0.3 is 0 Å². The molecule has 1 nitrogen and oxygen atoms in total. The van der Waals surface area contributed by atoms with Gasteiger partial charge in [0.05, 0.1) is 18.0 Å². The molecule has 0 saturated carbocycles. The van der Waals surface area contributed by atoms with Crippen LogP contribution in [0, 0.1) is 3.57 Å². The average molecular weight is 317 g/mol. The Hall–Kier alpha value is 0.330. The second-order valence-electron chi connectivity index (χ2n) is 2.21. The van der Waals surface area contributed by atoms with Crippen molar-refractivity contribution in [2.45, 2.75) is 5.88 Å². The first-order valence-electron chi connectivity index (χ1n) is 3.27. The molecule has 66 valence electrons. The maximum absolute atomic E-state index is 5.93. The minimum absolute atomic E-state index is 0.416. The van der Waals surface area contributed by atoms with Gasteiger partial charge in [0, 0.05) is 9.13 Å². The molecule has 0 saturated heterocycles. The van der Waals surface area contributed by atoms with Gasteiger partial charge in [-0.3, -0.25) is 0 Å². The van der Waals surface area contributed by atoms with E-state index >= 15 is 0 Å². The van der Waals surface area contributed by atoms with Crippen LogP contribution in [-0.4, -0.2) is 7.11 Å². The first kappa shape index (κ1) is 10.4. The zero-order valence-electron chi connectivity index (χ0n) is 6.40. The Morgan fingerprint density at radius 1 is 1.50 bits per heavy atom. The lowest BCUT2D eigenvalue weighted by atomic mass is 10.2. The third-order valence-corrected chi connectivity index (χ3v) is 2.62. The van der Waals surface area contributed by atoms with Crippen LogP contribution in [0.4, 0.5) is 0 Å². The summed E-state index contributed by atoms with van der Waals surface area (Å²) >= 11 is 13.8. The highest BCUT2D eigenvalue weighted by atomic mass is 127. The molecule has 4 heteroatoms. The van der Waals surface area contributed by atoms with E-state index in [1.165, 1.54) is 0 Å². The largest absolute Gasteiger partial charge is 0.495 e. The van der Waals surface area contributed by atoms with Gasteiger partial charge in [-0.15, -0.1) is 11.6 Å². The molecule has 0 N–H and O–H groups in total. The Bertz CT molecular complexity index is 289. The van der Waals surface area contributed by atoms with Crippen molar-refractivity contribution in [3.05, 3.63) is 26.3 Å². The number of rotatable bonds is 2. The van der Waals surface area contributed by atoms with Crippen molar-refractivity contribution in [2.24, 2.45) is 0 Å². The lowest BCUT2D eigenvalue weighted by molar-refractivity contribution is 0.411. The van der Waals surface area contributed by atoms with Crippen molar-refractivity contribution >= 4 is 45.8 Å². The van der Waals surface area contributed by atoms with Crippen LogP contribution < -0.4 is 4.74 Å². The lowest BCUT2D eigenvalue weighted by Crippen LogP contribution is -1.91. The zero-order chi connectivity index (χ0) is 9.14. The van der Waals surface area contributed by atoms with Crippen LogP contribution in [0.15, 0.2) is 12.1 Å². The quantitative estimate of drug-likeness (QED) is 0.597. The van der Waals surface area contributed by atoms with Crippen molar-refractivity contribution in [3.63, 3.8) is 0 Å². The molecule has 0 bridgehead atoms. The first-order chi connectivity index (χ1) is 5.69. The summed E-state index contributed by atoms with van der Waals surface area (Å²) in [5, 5.41) is 0.611. The Balaban J connectivity index is 3.24. The lowest BCUT2D eigenvalue weighted by Gasteiger charge is -2.08. The fourth-order valence-electron chi connectivity index (χ4n) is 0.942. The minimum atomic E-state index is 0.416. The summed E-state index contributed by atoms with van der Waals surface area (Å²) in [6, 6.07) is 3.80. The van der Waals surface area contributed by atoms with Crippen LogP contribution in [0.3, 0.4) is 0 Å². The molecule has 1 aromatic carbocycles. The zero-order valence-corrected chi connectivity index (χ0v) is 10.1. The molecule has 12 heavy (non-hydrogen) atoms. The normalized spacial score (nSPS) is 10.0. The summed E-state index contributed by atoms with van der Waals surface area (Å²) < 4.78 is 6.17. The van der Waals surface area contributed by atoms with E-state index in [2.05, 4.69) is 22.6 Å². The Morgan fingerprint density at radius 3 is 2.67 bits per heavy atom. The number of halogens is 3. The highest BCUT2D eigenvalue weighted by Crippen LogP contribution is 2.31. The summed E-state index contributed by atoms with van der Waals surface area (Å²) in [6.45, 7) is 0. The van der Waals surface area contributed by atoms with Crippen LogP contribution in [0.25, 0.3) is 0 Å². The van der Waals surface area contributed by atoms with Gasteiger partial charge in [0.25, 0.3) is 0 Å². The number of ether oxygens (including phenoxy) is 1. The van der Waals surface area contributed by atoms with Crippen molar-refractivity contribution in [3.8, 4) is 5.75 Å². The van der Waals surface area contributed by atoms with Crippen LogP contribution in [-0.2, 0) is 5.88 Å². The summed E-state index contributed by atoms with van der Waals surface area (Å²) in [5.74, 6) is 1.09. The molecule has 0 unspecified atom stereocenters. The van der Waals surface area contributed by atoms with E-state index in [0.29, 0.717) is 16.7 Å². The van der Waals surface area contributed by atoms with Gasteiger partial charge < -0.3 is 4.74 Å². The highest BCUT2D eigenvalue weighted by Gasteiger charge is 2.07. The van der Waals surface area contributed by atoms with Crippen LogP contribution in [0.1, 0.15) is 5.56 Å². The maximum Gasteiger partial charge on any atom is 0.141 e. The van der Waals surface area contributed by atoms with Crippen molar-refractivity contribution < 1.29 is 4.74 Å². The topological polar surface area (TPSA) is 9.23 Å². The van der Waals surface area contributed by atoms with E-state index in [-0.39, 0.29) is 0 Å². The van der Waals surface area contributed by atoms with Crippen molar-refractivity contribution in [2.75, 3.05) is 7.11 Å². The number of benzene rings is 1. The van der Waals surface area contributed by atoms with E-state index in [1.807, 2.05) is 12.1 Å². The number of methoxy groups -OCH3 is 1. The average Bonchev–Trinajstić information content (AvgIpc) is 2.03. The molecule has 0 atom stereocenters. The minimum Gasteiger partial charge on any atom is -0.495 e. The molecule has 0 aliphatic rings. The van der Waals surface area contributed by atoms with Crippen molar-refractivity contribution in [1.82, 2.24) is 0 Å². The molecular weight excluding hydrogens is 310 g/mol. The van der Waals surface area contributed by atoms with Gasteiger partial charge in [0.2, 0.25) is 0 Å². The molecule has 0 aromatic heterocycles. The Labute approximate surface area is 95.1 Å². The van der Waals surface area contributed by atoms with Crippen LogP contribution >= 0.6 is 45.8 Å². The number of alkyl halides is 1. The molecule has 0 fully saturated rings. The molecule has 0 aliphatic heterocycles. The fraction of sp³-hybridized carbons (Fsp3) is 0.250. The van der Waals surface area contributed by atoms with Gasteiger partial charge in [0.15, 0.2) is 0 Å². The van der Waals surface area contributed by atoms with Gasteiger partial charge in [-0.1, -0.05) is 11.6 Å². The first-order valence-corrected chi connectivity index (χ1v) is 5.26. The number of hydrogen-bond donors (Lipinski definition) is 0. The Morgan fingerprint density at radius 2 is 2.17 bits per heavy atom. The van der Waals surface area contributed by atoms with E-state index < -0.39 is 0 Å². The second-order valence-corrected chi connectivity index (χ2v) is 4.13. The number of hydrogen-bond acceptors (Lipinski definition) is 1. The smallest absolute Gasteiger partial charge is 0.141 e. The van der Waals surface area contributed by atoms with E-state index in [0.717, 1.165) is 9.13 Å². The standard InChI is InChI=1S/C8H7Cl2IO/c1-12-8-5(4-9)2-6(11)3-7(8)10/h2-3H,4H2,1H3. The fourth-order valence-corrected chi connectivity index (χ4v) is 2.33. The summed E-state index contributed by atoms with van der Waals surface area (Å²) in [6.07, 6.45) is 0. The van der Waals surface area contributed by atoms with Gasteiger partial charge in [-0.25, -0.2) is 0 Å². The molecule has 1 rings (SSSR count). The maximum atomic E-state index is 5.93. The van der Waals surface area contributed by atoms with Crippen molar-refractivity contribution in [1.29, 1.82) is 0 Å². The monoisotopic (exact) mass is 316 g/mol. The SMILES string of the molecule is COc1c(Cl)cc(I)cc1CCl. The third-order valence-electron chi connectivity index (χ3n) is 1.43. The Kier molecular flexibility index (Phi) is 3.93.